The Labute approximate surface area is 110 Å². The fourth-order valence-corrected chi connectivity index (χ4v) is 2.04. The zero-order valence-electron chi connectivity index (χ0n) is 10.1. The molecule has 0 aliphatic heterocycles. The summed E-state index contributed by atoms with van der Waals surface area (Å²) in [4.78, 5) is 8.19. The lowest BCUT2D eigenvalue weighted by molar-refractivity contribution is 0.628. The van der Waals surface area contributed by atoms with Crippen molar-refractivity contribution in [3.8, 4) is 22.4 Å². The van der Waals surface area contributed by atoms with Crippen LogP contribution < -0.4 is 0 Å². The van der Waals surface area contributed by atoms with E-state index in [1.54, 1.807) is 18.3 Å². The number of benzene rings is 2. The van der Waals surface area contributed by atoms with Gasteiger partial charge in [0.25, 0.3) is 0 Å². The molecule has 1 aromatic heterocycles. The van der Waals surface area contributed by atoms with Crippen molar-refractivity contribution < 1.29 is 4.39 Å². The average molecular weight is 250 g/mol. The largest absolute Gasteiger partial charge is 0.245 e. The highest BCUT2D eigenvalue weighted by Gasteiger charge is 2.07. The van der Waals surface area contributed by atoms with Crippen molar-refractivity contribution >= 4 is 0 Å². The number of halogens is 1. The van der Waals surface area contributed by atoms with Gasteiger partial charge in [0, 0.05) is 11.8 Å². The van der Waals surface area contributed by atoms with Gasteiger partial charge in [-0.15, -0.1) is 0 Å². The van der Waals surface area contributed by atoms with E-state index in [1.165, 1.54) is 18.5 Å². The molecule has 0 atom stereocenters. The molecule has 1 heterocycles. The Morgan fingerprint density at radius 2 is 1.53 bits per heavy atom. The molecule has 0 saturated carbocycles. The van der Waals surface area contributed by atoms with Gasteiger partial charge in [0.05, 0.1) is 5.69 Å². The van der Waals surface area contributed by atoms with Crippen LogP contribution in [-0.4, -0.2) is 9.97 Å². The van der Waals surface area contributed by atoms with E-state index in [4.69, 9.17) is 0 Å². The molecule has 0 fully saturated rings. The van der Waals surface area contributed by atoms with E-state index in [-0.39, 0.29) is 5.82 Å². The van der Waals surface area contributed by atoms with Crippen LogP contribution in [0, 0.1) is 5.82 Å². The average Bonchev–Trinajstić information content (AvgIpc) is 2.49. The molecule has 3 rings (SSSR count). The van der Waals surface area contributed by atoms with Crippen LogP contribution in [0.25, 0.3) is 22.4 Å². The van der Waals surface area contributed by atoms with Gasteiger partial charge in [-0.3, -0.25) is 0 Å². The minimum Gasteiger partial charge on any atom is -0.245 e. The Morgan fingerprint density at radius 1 is 0.789 bits per heavy atom. The first kappa shape index (κ1) is 11.5. The molecule has 0 unspecified atom stereocenters. The van der Waals surface area contributed by atoms with Gasteiger partial charge in [0.2, 0.25) is 0 Å². The summed E-state index contributed by atoms with van der Waals surface area (Å²) in [5.41, 5.74) is 3.86. The number of aromatic nitrogens is 2. The first-order valence-electron chi connectivity index (χ1n) is 5.96. The van der Waals surface area contributed by atoms with Crippen LogP contribution in [0.3, 0.4) is 0 Å². The molecular formula is C16H11FN2. The van der Waals surface area contributed by atoms with E-state index in [0.29, 0.717) is 0 Å². The number of rotatable bonds is 2. The van der Waals surface area contributed by atoms with Crippen molar-refractivity contribution in [2.75, 3.05) is 0 Å². The molecule has 0 radical (unpaired) electrons. The van der Waals surface area contributed by atoms with Crippen molar-refractivity contribution in [1.82, 2.24) is 9.97 Å². The molecule has 0 aliphatic rings. The molecule has 0 amide bonds. The number of hydrogen-bond acceptors (Lipinski definition) is 2. The third-order valence-electron chi connectivity index (χ3n) is 2.94. The summed E-state index contributed by atoms with van der Waals surface area (Å²) >= 11 is 0. The molecule has 0 spiro atoms. The number of nitrogens with zero attached hydrogens (tertiary/aromatic N) is 2. The molecule has 2 nitrogen and oxygen atoms in total. The summed E-state index contributed by atoms with van der Waals surface area (Å²) in [6, 6.07) is 16.3. The minimum atomic E-state index is -0.233. The fraction of sp³-hybridized carbons (Fsp3) is 0. The molecule has 92 valence electrons. The van der Waals surface area contributed by atoms with Gasteiger partial charge in [-0.2, -0.15) is 0 Å². The van der Waals surface area contributed by atoms with Gasteiger partial charge in [0.15, 0.2) is 0 Å². The summed E-state index contributed by atoms with van der Waals surface area (Å²) in [6.45, 7) is 0. The highest BCUT2D eigenvalue weighted by molar-refractivity contribution is 5.81. The Morgan fingerprint density at radius 3 is 2.21 bits per heavy atom. The summed E-state index contributed by atoms with van der Waals surface area (Å²) < 4.78 is 13.0. The van der Waals surface area contributed by atoms with Crippen LogP contribution in [0.4, 0.5) is 4.39 Å². The van der Waals surface area contributed by atoms with Crippen molar-refractivity contribution in [1.29, 1.82) is 0 Å². The lowest BCUT2D eigenvalue weighted by Gasteiger charge is -2.08. The standard InChI is InChI=1S/C16H11FN2/c17-13-7-5-12(6-8-13)14-3-1-2-4-15(14)16-9-10-18-11-19-16/h1-11H. The maximum absolute atomic E-state index is 13.0. The van der Waals surface area contributed by atoms with Crippen LogP contribution >= 0.6 is 0 Å². The Bertz CT molecular complexity index is 679. The van der Waals surface area contributed by atoms with E-state index >= 15 is 0 Å². The lowest BCUT2D eigenvalue weighted by Crippen LogP contribution is -1.88. The normalized spacial score (nSPS) is 10.4. The van der Waals surface area contributed by atoms with Crippen molar-refractivity contribution in [3.05, 3.63) is 72.9 Å². The first-order chi connectivity index (χ1) is 9.34. The smallest absolute Gasteiger partial charge is 0.123 e. The maximum Gasteiger partial charge on any atom is 0.123 e. The number of hydrogen-bond donors (Lipinski definition) is 0. The predicted octanol–water partition coefficient (Wildman–Crippen LogP) is 3.95. The fourth-order valence-electron chi connectivity index (χ4n) is 2.04. The predicted molar refractivity (Wildman–Crippen MR) is 72.9 cm³/mol. The quantitative estimate of drug-likeness (QED) is 0.688. The SMILES string of the molecule is Fc1ccc(-c2ccccc2-c2ccncn2)cc1. The van der Waals surface area contributed by atoms with Crippen molar-refractivity contribution in [3.63, 3.8) is 0 Å². The molecule has 0 bridgehead atoms. The summed E-state index contributed by atoms with van der Waals surface area (Å²) in [5, 5.41) is 0. The molecule has 3 heteroatoms. The second-order valence-corrected chi connectivity index (χ2v) is 4.15. The molecule has 2 aromatic carbocycles. The highest BCUT2D eigenvalue weighted by Crippen LogP contribution is 2.30. The summed E-state index contributed by atoms with van der Waals surface area (Å²) in [5.74, 6) is -0.233. The second kappa shape index (κ2) is 4.98. The molecule has 19 heavy (non-hydrogen) atoms. The van der Waals surface area contributed by atoms with E-state index < -0.39 is 0 Å². The summed E-state index contributed by atoms with van der Waals surface area (Å²) in [7, 11) is 0. The van der Waals surface area contributed by atoms with Crippen LogP contribution in [0.5, 0.6) is 0 Å². The van der Waals surface area contributed by atoms with Crippen LogP contribution in [0.2, 0.25) is 0 Å². The van der Waals surface area contributed by atoms with Gasteiger partial charge < -0.3 is 0 Å². The third kappa shape index (κ3) is 2.36. The second-order valence-electron chi connectivity index (χ2n) is 4.15. The van der Waals surface area contributed by atoms with Crippen LogP contribution in [0.1, 0.15) is 0 Å². The zero-order valence-corrected chi connectivity index (χ0v) is 10.1. The molecule has 3 aromatic rings. The highest BCUT2D eigenvalue weighted by atomic mass is 19.1. The Hall–Kier alpha value is -2.55. The van der Waals surface area contributed by atoms with Gasteiger partial charge in [-0.05, 0) is 29.3 Å². The molecule has 0 aliphatic carbocycles. The van der Waals surface area contributed by atoms with Crippen molar-refractivity contribution in [2.24, 2.45) is 0 Å². The van der Waals surface area contributed by atoms with Crippen molar-refractivity contribution in [2.45, 2.75) is 0 Å². The van der Waals surface area contributed by atoms with E-state index in [9.17, 15) is 4.39 Å². The van der Waals surface area contributed by atoms with E-state index in [1.807, 2.05) is 30.3 Å². The van der Waals surface area contributed by atoms with Gasteiger partial charge in [-0.1, -0.05) is 36.4 Å². The first-order valence-corrected chi connectivity index (χ1v) is 5.96. The zero-order chi connectivity index (χ0) is 13.1. The van der Waals surface area contributed by atoms with Crippen LogP contribution in [0.15, 0.2) is 67.1 Å². The lowest BCUT2D eigenvalue weighted by atomic mass is 9.97. The molecule has 0 N–H and O–H groups in total. The Balaban J connectivity index is 2.15. The topological polar surface area (TPSA) is 25.8 Å². The molecular weight excluding hydrogens is 239 g/mol. The van der Waals surface area contributed by atoms with Crippen LogP contribution in [-0.2, 0) is 0 Å². The minimum absolute atomic E-state index is 0.233. The van der Waals surface area contributed by atoms with E-state index in [0.717, 1.165) is 22.4 Å². The maximum atomic E-state index is 13.0. The van der Waals surface area contributed by atoms with E-state index in [2.05, 4.69) is 9.97 Å². The van der Waals surface area contributed by atoms with Gasteiger partial charge >= 0.3 is 0 Å². The van der Waals surface area contributed by atoms with Gasteiger partial charge in [-0.25, -0.2) is 14.4 Å². The monoisotopic (exact) mass is 250 g/mol. The van der Waals surface area contributed by atoms with Gasteiger partial charge in [0.1, 0.15) is 12.1 Å². The summed E-state index contributed by atoms with van der Waals surface area (Å²) in [6.07, 6.45) is 3.24. The molecule has 0 saturated heterocycles. The Kier molecular flexibility index (Phi) is 3.02. The third-order valence-corrected chi connectivity index (χ3v) is 2.94.